The zero-order valence-electron chi connectivity index (χ0n) is 21.2. The Bertz CT molecular complexity index is 1150. The molecule has 0 atom stereocenters. The minimum atomic E-state index is -1.07. The van der Waals surface area contributed by atoms with Crippen molar-refractivity contribution in [2.75, 3.05) is 6.61 Å². The van der Waals surface area contributed by atoms with Gasteiger partial charge in [0.25, 0.3) is 5.91 Å². The third kappa shape index (κ3) is 7.19. The molecule has 5 nitrogen and oxygen atoms in total. The van der Waals surface area contributed by atoms with Crippen molar-refractivity contribution in [3.8, 4) is 5.75 Å². The number of hydrogen-bond donors (Lipinski definition) is 1. The van der Waals surface area contributed by atoms with Gasteiger partial charge in [0.2, 0.25) is 0 Å². The molecule has 0 spiro atoms. The van der Waals surface area contributed by atoms with Gasteiger partial charge in [-0.1, -0.05) is 95.3 Å². The van der Waals surface area contributed by atoms with E-state index in [1.54, 1.807) is 17.0 Å². The van der Waals surface area contributed by atoms with Gasteiger partial charge in [0.1, 0.15) is 11.3 Å². The number of carbonyl (C=O) groups is 2. The van der Waals surface area contributed by atoms with E-state index >= 15 is 0 Å². The predicted octanol–water partition coefficient (Wildman–Crippen LogP) is 6.41. The van der Waals surface area contributed by atoms with Gasteiger partial charge >= 0.3 is 5.97 Å². The lowest BCUT2D eigenvalue weighted by Crippen LogP contribution is -2.34. The van der Waals surface area contributed by atoms with Crippen LogP contribution in [0.25, 0.3) is 0 Å². The highest BCUT2D eigenvalue weighted by molar-refractivity contribution is 5.91. The van der Waals surface area contributed by atoms with Gasteiger partial charge in [0, 0.05) is 13.1 Å². The van der Waals surface area contributed by atoms with Crippen LogP contribution in [0.3, 0.4) is 0 Å². The van der Waals surface area contributed by atoms with Crippen LogP contribution in [0, 0.1) is 0 Å². The molecule has 0 saturated carbocycles. The third-order valence-electron chi connectivity index (χ3n) is 6.01. The van der Waals surface area contributed by atoms with E-state index in [-0.39, 0.29) is 35.2 Å². The molecule has 35 heavy (non-hydrogen) atoms. The minimum Gasteiger partial charge on any atom is -0.483 e. The van der Waals surface area contributed by atoms with Crippen molar-refractivity contribution in [3.63, 3.8) is 0 Å². The minimum absolute atomic E-state index is 0.0544. The summed E-state index contributed by atoms with van der Waals surface area (Å²) in [6, 6.07) is 23.2. The first-order chi connectivity index (χ1) is 16.5. The highest BCUT2D eigenvalue weighted by Gasteiger charge is 2.19. The van der Waals surface area contributed by atoms with E-state index in [0.29, 0.717) is 13.1 Å². The molecule has 3 aromatic rings. The monoisotopic (exact) mass is 473 g/mol. The Hall–Kier alpha value is -3.60. The number of benzene rings is 3. The average Bonchev–Trinajstić information content (AvgIpc) is 2.82. The molecule has 0 heterocycles. The van der Waals surface area contributed by atoms with Crippen LogP contribution in [-0.4, -0.2) is 28.5 Å². The van der Waals surface area contributed by atoms with Crippen molar-refractivity contribution in [1.82, 2.24) is 4.90 Å². The van der Waals surface area contributed by atoms with Crippen molar-refractivity contribution in [2.45, 2.75) is 59.0 Å². The summed E-state index contributed by atoms with van der Waals surface area (Å²) in [5.74, 6) is -0.896. The number of carbonyl (C=O) groups excluding carboxylic acids is 1. The molecule has 5 heteroatoms. The van der Waals surface area contributed by atoms with Crippen molar-refractivity contribution in [3.05, 3.63) is 101 Å². The number of carboxylic acid groups (broad SMARTS) is 1. The molecule has 0 fully saturated rings. The Balaban J connectivity index is 1.79. The first-order valence-electron chi connectivity index (χ1n) is 12.0. The van der Waals surface area contributed by atoms with Gasteiger partial charge in [-0.15, -0.1) is 0 Å². The van der Waals surface area contributed by atoms with Gasteiger partial charge in [-0.05, 0) is 45.7 Å². The van der Waals surface area contributed by atoms with Crippen molar-refractivity contribution in [1.29, 1.82) is 0 Å². The highest BCUT2D eigenvalue weighted by atomic mass is 16.5. The molecule has 0 saturated heterocycles. The summed E-state index contributed by atoms with van der Waals surface area (Å²) < 4.78 is 5.74. The van der Waals surface area contributed by atoms with E-state index in [2.05, 4.69) is 45.0 Å². The van der Waals surface area contributed by atoms with E-state index in [4.69, 9.17) is 4.74 Å². The fourth-order valence-corrected chi connectivity index (χ4v) is 3.80. The topological polar surface area (TPSA) is 66.8 Å². The van der Waals surface area contributed by atoms with Crippen molar-refractivity contribution < 1.29 is 19.4 Å². The molecule has 3 rings (SSSR count). The van der Waals surface area contributed by atoms with E-state index in [0.717, 1.165) is 16.7 Å². The molecule has 0 aliphatic rings. The second-order valence-electron chi connectivity index (χ2n) is 10.2. The van der Waals surface area contributed by atoms with Crippen molar-refractivity contribution >= 4 is 11.9 Å². The Morgan fingerprint density at radius 3 is 2.03 bits per heavy atom. The summed E-state index contributed by atoms with van der Waals surface area (Å²) in [6.07, 6.45) is 0. The fraction of sp³-hybridized carbons (Fsp3) is 0.333. The van der Waals surface area contributed by atoms with Crippen LogP contribution in [0.4, 0.5) is 0 Å². The number of nitrogens with zero attached hydrogens (tertiary/aromatic N) is 1. The summed E-state index contributed by atoms with van der Waals surface area (Å²) in [4.78, 5) is 26.8. The first kappa shape index (κ1) is 26.0. The Kier molecular flexibility index (Phi) is 8.34. The molecule has 1 N–H and O–H groups in total. The van der Waals surface area contributed by atoms with Crippen LogP contribution in [0.5, 0.6) is 5.75 Å². The average molecular weight is 474 g/mol. The van der Waals surface area contributed by atoms with E-state index in [1.807, 2.05) is 50.2 Å². The van der Waals surface area contributed by atoms with Gasteiger partial charge in [0.15, 0.2) is 6.61 Å². The lowest BCUT2D eigenvalue weighted by Gasteiger charge is -2.24. The molecule has 0 aliphatic heterocycles. The standard InChI is InChI=1S/C30H35NO4/c1-21(2)24-13-16-27(26(17-24)29(33)34)35-20-28(32)31(18-22-9-7-6-8-10-22)19-23-11-14-25(15-12-23)30(3,4)5/h6-17,21H,18-20H2,1-5H3,(H,33,34). The molecule has 0 aromatic heterocycles. The van der Waals surface area contributed by atoms with Crippen LogP contribution in [0.2, 0.25) is 0 Å². The second-order valence-corrected chi connectivity index (χ2v) is 10.2. The zero-order valence-corrected chi connectivity index (χ0v) is 21.2. The van der Waals surface area contributed by atoms with E-state index in [1.165, 1.54) is 5.56 Å². The third-order valence-corrected chi connectivity index (χ3v) is 6.01. The number of rotatable bonds is 9. The summed E-state index contributed by atoms with van der Waals surface area (Å²) in [7, 11) is 0. The lowest BCUT2D eigenvalue weighted by atomic mass is 9.87. The fourth-order valence-electron chi connectivity index (χ4n) is 3.80. The summed E-state index contributed by atoms with van der Waals surface area (Å²) in [5, 5.41) is 9.64. The largest absolute Gasteiger partial charge is 0.483 e. The van der Waals surface area contributed by atoms with Gasteiger partial charge in [-0.25, -0.2) is 4.79 Å². The number of aromatic carboxylic acids is 1. The summed E-state index contributed by atoms with van der Waals surface area (Å²) in [6.45, 7) is 11.1. The second kappa shape index (κ2) is 11.2. The molecule has 3 aromatic carbocycles. The van der Waals surface area contributed by atoms with E-state index in [9.17, 15) is 14.7 Å². The number of hydrogen-bond acceptors (Lipinski definition) is 3. The number of amides is 1. The van der Waals surface area contributed by atoms with Crippen LogP contribution in [0.1, 0.15) is 73.1 Å². The Morgan fingerprint density at radius 1 is 0.886 bits per heavy atom. The van der Waals surface area contributed by atoms with E-state index < -0.39 is 5.97 Å². The molecule has 0 radical (unpaired) electrons. The van der Waals surface area contributed by atoms with Gasteiger partial charge in [0.05, 0.1) is 0 Å². The Labute approximate surface area is 208 Å². The summed E-state index contributed by atoms with van der Waals surface area (Å²) in [5.41, 5.74) is 4.30. The molecular weight excluding hydrogens is 438 g/mol. The summed E-state index contributed by atoms with van der Waals surface area (Å²) >= 11 is 0. The number of ether oxygens (including phenoxy) is 1. The lowest BCUT2D eigenvalue weighted by molar-refractivity contribution is -0.134. The zero-order chi connectivity index (χ0) is 25.6. The normalized spacial score (nSPS) is 11.4. The molecule has 184 valence electrons. The van der Waals surface area contributed by atoms with Gasteiger partial charge in [-0.2, -0.15) is 0 Å². The predicted molar refractivity (Wildman–Crippen MR) is 139 cm³/mol. The highest BCUT2D eigenvalue weighted by Crippen LogP contribution is 2.25. The van der Waals surface area contributed by atoms with Gasteiger partial charge < -0.3 is 14.7 Å². The number of carboxylic acids is 1. The van der Waals surface area contributed by atoms with Gasteiger partial charge in [-0.3, -0.25) is 4.79 Å². The quantitative estimate of drug-likeness (QED) is 0.390. The maximum absolute atomic E-state index is 13.3. The molecule has 0 aliphatic carbocycles. The molecule has 0 unspecified atom stereocenters. The first-order valence-corrected chi connectivity index (χ1v) is 12.0. The smallest absolute Gasteiger partial charge is 0.339 e. The van der Waals surface area contributed by atoms with Crippen LogP contribution < -0.4 is 4.74 Å². The maximum Gasteiger partial charge on any atom is 0.339 e. The SMILES string of the molecule is CC(C)c1ccc(OCC(=O)N(Cc2ccccc2)Cc2ccc(C(C)(C)C)cc2)c(C(=O)O)c1. The van der Waals surface area contributed by atoms with Crippen LogP contribution >= 0.6 is 0 Å². The van der Waals surface area contributed by atoms with Crippen LogP contribution in [-0.2, 0) is 23.3 Å². The molecular formula is C30H35NO4. The Morgan fingerprint density at radius 2 is 1.49 bits per heavy atom. The van der Waals surface area contributed by atoms with Crippen molar-refractivity contribution in [2.24, 2.45) is 0 Å². The molecule has 0 bridgehead atoms. The molecule has 1 amide bonds. The van der Waals surface area contributed by atoms with Crippen LogP contribution in [0.15, 0.2) is 72.8 Å². The maximum atomic E-state index is 13.3.